The second-order valence-corrected chi connectivity index (χ2v) is 10.3. The molecule has 3 atom stereocenters. The summed E-state index contributed by atoms with van der Waals surface area (Å²) in [6.07, 6.45) is 8.49. The van der Waals surface area contributed by atoms with E-state index in [2.05, 4.69) is 17.2 Å². The summed E-state index contributed by atoms with van der Waals surface area (Å²) in [6, 6.07) is 4.39. The maximum absolute atomic E-state index is 13.5. The van der Waals surface area contributed by atoms with Gasteiger partial charge in [0.2, 0.25) is 5.91 Å². The molecular weight excluding hydrogens is 498 g/mol. The molecular formula is C29H41N5O5. The lowest BCUT2D eigenvalue weighted by Crippen LogP contribution is -2.53. The number of likely N-dealkylation sites (N-methyl/N-ethyl adjacent to an activating group) is 1. The van der Waals surface area contributed by atoms with Gasteiger partial charge in [-0.3, -0.25) is 9.59 Å². The number of anilines is 1. The van der Waals surface area contributed by atoms with Crippen LogP contribution in [0.3, 0.4) is 0 Å². The largest absolute Gasteiger partial charge is 0.489 e. The van der Waals surface area contributed by atoms with E-state index in [-0.39, 0.29) is 36.0 Å². The van der Waals surface area contributed by atoms with Crippen LogP contribution < -0.4 is 21.1 Å². The smallest absolute Gasteiger partial charge is 0.323 e. The van der Waals surface area contributed by atoms with Gasteiger partial charge in [-0.1, -0.05) is 31.7 Å². The molecule has 1 aromatic carbocycles. The van der Waals surface area contributed by atoms with Crippen LogP contribution in [0.4, 0.5) is 10.5 Å². The number of carbonyl (C=O) groups is 3. The van der Waals surface area contributed by atoms with Crippen molar-refractivity contribution in [2.24, 2.45) is 17.6 Å². The molecule has 1 aliphatic carbocycles. The minimum atomic E-state index is -0.690. The first-order chi connectivity index (χ1) is 18.6. The molecule has 0 bridgehead atoms. The molecule has 0 radical (unpaired) electrons. The zero-order chi connectivity index (χ0) is 28.5. The third kappa shape index (κ3) is 8.69. The predicted molar refractivity (Wildman–Crippen MR) is 151 cm³/mol. The van der Waals surface area contributed by atoms with Crippen molar-refractivity contribution in [1.29, 1.82) is 0 Å². The molecule has 0 spiro atoms. The molecule has 1 fully saturated rings. The number of hydrogen-bond donors (Lipinski definition) is 3. The summed E-state index contributed by atoms with van der Waals surface area (Å²) >= 11 is 0. The summed E-state index contributed by atoms with van der Waals surface area (Å²) < 4.78 is 11.7. The maximum Gasteiger partial charge on any atom is 0.323 e. The highest BCUT2D eigenvalue weighted by molar-refractivity contribution is 5.99. The molecule has 1 aromatic rings. The van der Waals surface area contributed by atoms with Gasteiger partial charge in [-0.2, -0.15) is 0 Å². The van der Waals surface area contributed by atoms with Gasteiger partial charge < -0.3 is 35.6 Å². The van der Waals surface area contributed by atoms with Crippen LogP contribution in [-0.4, -0.2) is 73.8 Å². The topological polar surface area (TPSA) is 126 Å². The molecule has 1 saturated carbocycles. The molecule has 4 N–H and O–H groups in total. The quantitative estimate of drug-likeness (QED) is 0.456. The number of amides is 4. The summed E-state index contributed by atoms with van der Waals surface area (Å²) in [5.41, 5.74) is 7.79. The Labute approximate surface area is 230 Å². The van der Waals surface area contributed by atoms with Gasteiger partial charge in [0.05, 0.1) is 11.7 Å². The second kappa shape index (κ2) is 14.0. The van der Waals surface area contributed by atoms with Crippen LogP contribution in [0.1, 0.15) is 43.5 Å². The lowest BCUT2D eigenvalue weighted by atomic mass is 10.0. The number of nitrogens with two attached hydrogens (primary N) is 1. The molecule has 39 heavy (non-hydrogen) atoms. The van der Waals surface area contributed by atoms with E-state index in [1.54, 1.807) is 73.4 Å². The lowest BCUT2D eigenvalue weighted by Gasteiger charge is -2.36. The number of hydrogen-bond acceptors (Lipinski definition) is 6. The number of allylic oxidation sites excluding steroid dienone is 5. The van der Waals surface area contributed by atoms with E-state index in [0.717, 1.165) is 12.8 Å². The van der Waals surface area contributed by atoms with E-state index >= 15 is 0 Å². The standard InChI is InChI=1S/C29H41N5O5/c1-6-7-8-9-20(3)31-29(37)32-22-12-13-24-23(15-22)28(36)33(4)17-25(38-5)19(2)16-34(26(30)18-39-24)27(35)14-21-10-11-21/h6-9,12-13,15,19,21,25-26H,1,10-11,14,16-18,30H2,2-5H3,(H2,31,32,37)/b8-7-,20-9+/t19-,25-,26+/m0/s1. The summed E-state index contributed by atoms with van der Waals surface area (Å²) in [5, 5.41) is 5.48. The van der Waals surface area contributed by atoms with Crippen molar-refractivity contribution in [1.82, 2.24) is 15.1 Å². The number of urea groups is 1. The number of nitrogens with one attached hydrogen (secondary N) is 2. The van der Waals surface area contributed by atoms with E-state index < -0.39 is 12.2 Å². The van der Waals surface area contributed by atoms with Gasteiger partial charge in [-0.15, -0.1) is 0 Å². The third-order valence-corrected chi connectivity index (χ3v) is 6.89. The Morgan fingerprint density at radius 2 is 2.00 bits per heavy atom. The molecule has 4 amide bonds. The van der Waals surface area contributed by atoms with Crippen molar-refractivity contribution in [3.05, 3.63) is 60.3 Å². The van der Waals surface area contributed by atoms with Gasteiger partial charge in [0.25, 0.3) is 5.91 Å². The van der Waals surface area contributed by atoms with Crippen molar-refractivity contribution in [3.63, 3.8) is 0 Å². The highest BCUT2D eigenvalue weighted by Gasteiger charge is 2.33. The molecule has 3 rings (SSSR count). The number of methoxy groups -OCH3 is 1. The Hall–Kier alpha value is -3.63. The fourth-order valence-electron chi connectivity index (χ4n) is 4.41. The van der Waals surface area contributed by atoms with Crippen molar-refractivity contribution < 1.29 is 23.9 Å². The van der Waals surface area contributed by atoms with Gasteiger partial charge in [0, 0.05) is 51.0 Å². The van der Waals surface area contributed by atoms with Gasteiger partial charge >= 0.3 is 6.03 Å². The molecule has 2 aliphatic rings. The third-order valence-electron chi connectivity index (χ3n) is 6.89. The maximum atomic E-state index is 13.5. The van der Waals surface area contributed by atoms with Crippen molar-refractivity contribution in [2.75, 3.05) is 39.2 Å². The average molecular weight is 540 g/mol. The Bertz CT molecular complexity index is 1110. The average Bonchev–Trinajstić information content (AvgIpc) is 3.72. The number of rotatable bonds is 7. The summed E-state index contributed by atoms with van der Waals surface area (Å²) in [6.45, 7) is 8.07. The van der Waals surface area contributed by atoms with Crippen LogP contribution >= 0.6 is 0 Å². The minimum Gasteiger partial charge on any atom is -0.489 e. The fourth-order valence-corrected chi connectivity index (χ4v) is 4.41. The first-order valence-corrected chi connectivity index (χ1v) is 13.3. The number of nitrogens with zero attached hydrogens (tertiary/aromatic N) is 2. The highest BCUT2D eigenvalue weighted by atomic mass is 16.5. The van der Waals surface area contributed by atoms with Gasteiger partial charge in [0.15, 0.2) is 0 Å². The monoisotopic (exact) mass is 539 g/mol. The number of carbonyl (C=O) groups excluding carboxylic acids is 3. The number of benzene rings is 1. The zero-order valence-electron chi connectivity index (χ0n) is 23.3. The molecule has 1 aliphatic heterocycles. The Morgan fingerprint density at radius 3 is 2.67 bits per heavy atom. The number of ether oxygens (including phenoxy) is 2. The van der Waals surface area contributed by atoms with E-state index in [1.807, 2.05) is 6.92 Å². The molecule has 212 valence electrons. The van der Waals surface area contributed by atoms with Crippen molar-refractivity contribution >= 4 is 23.5 Å². The van der Waals surface area contributed by atoms with Crippen LogP contribution in [0.5, 0.6) is 5.75 Å². The fraction of sp³-hybridized carbons (Fsp3) is 0.483. The first kappa shape index (κ1) is 29.9. The van der Waals surface area contributed by atoms with Crippen LogP contribution in [0.2, 0.25) is 0 Å². The lowest BCUT2D eigenvalue weighted by molar-refractivity contribution is -0.136. The first-order valence-electron chi connectivity index (χ1n) is 13.3. The van der Waals surface area contributed by atoms with Crippen LogP contribution in [0, 0.1) is 11.8 Å². The van der Waals surface area contributed by atoms with Crippen molar-refractivity contribution in [2.45, 2.75) is 45.4 Å². The second-order valence-electron chi connectivity index (χ2n) is 10.3. The van der Waals surface area contributed by atoms with Crippen LogP contribution in [0.25, 0.3) is 0 Å². The summed E-state index contributed by atoms with van der Waals surface area (Å²) in [7, 11) is 3.29. The van der Waals surface area contributed by atoms with Crippen LogP contribution in [0.15, 0.2) is 54.8 Å². The Kier molecular flexibility index (Phi) is 10.7. The van der Waals surface area contributed by atoms with Gasteiger partial charge in [0.1, 0.15) is 18.5 Å². The molecule has 10 heteroatoms. The Balaban J connectivity index is 1.85. The zero-order valence-corrected chi connectivity index (χ0v) is 23.3. The molecule has 0 aromatic heterocycles. The number of fused-ring (bicyclic) bond motifs is 1. The van der Waals surface area contributed by atoms with Gasteiger partial charge in [-0.25, -0.2) is 4.79 Å². The van der Waals surface area contributed by atoms with Gasteiger partial charge in [-0.05, 0) is 50.0 Å². The molecule has 0 saturated heterocycles. The molecule has 10 nitrogen and oxygen atoms in total. The van der Waals surface area contributed by atoms with Crippen LogP contribution in [-0.2, 0) is 9.53 Å². The van der Waals surface area contributed by atoms with Crippen molar-refractivity contribution in [3.8, 4) is 5.75 Å². The molecule has 0 unspecified atom stereocenters. The minimum absolute atomic E-state index is 0.00639. The van der Waals surface area contributed by atoms with E-state index in [4.69, 9.17) is 15.2 Å². The highest BCUT2D eigenvalue weighted by Crippen LogP contribution is 2.33. The normalized spacial score (nSPS) is 22.8. The predicted octanol–water partition coefficient (Wildman–Crippen LogP) is 3.48. The summed E-state index contributed by atoms with van der Waals surface area (Å²) in [4.78, 5) is 42.4. The molecule has 1 heterocycles. The summed E-state index contributed by atoms with van der Waals surface area (Å²) in [5.74, 6) is 0.386. The van der Waals surface area contributed by atoms with E-state index in [9.17, 15) is 14.4 Å². The van der Waals surface area contributed by atoms with E-state index in [1.165, 1.54) is 0 Å². The van der Waals surface area contributed by atoms with E-state index in [0.29, 0.717) is 42.6 Å². The Morgan fingerprint density at radius 1 is 1.26 bits per heavy atom. The SMILES string of the molecule is C=C/C=C\C=C(/C)NC(=O)Nc1ccc2c(c1)C(=O)N(C)C[C@H](OC)[C@@H](C)CN(C(=O)CC1CC1)[C@@H](N)CO2.